The van der Waals surface area contributed by atoms with Crippen LogP contribution in [0.15, 0.2) is 30.3 Å². The molecule has 4 nitrogen and oxygen atoms in total. The average molecular weight is 262 g/mol. The summed E-state index contributed by atoms with van der Waals surface area (Å²) < 4.78 is 5.51. The molecule has 1 saturated heterocycles. The fourth-order valence-corrected chi connectivity index (χ4v) is 2.21. The standard InChI is InChI=1S/C15H22N2O2/c1-15(2,3)19-14(18)13-11-16-9-10-17(13)12-7-5-4-6-8-12/h4-8,13,16H,9-11H2,1-3H3. The fraction of sp³-hybridized carbons (Fsp3) is 0.533. The van der Waals surface area contributed by atoms with E-state index in [1.54, 1.807) is 0 Å². The van der Waals surface area contributed by atoms with Crippen LogP contribution in [0.4, 0.5) is 5.69 Å². The molecular weight excluding hydrogens is 240 g/mol. The molecule has 19 heavy (non-hydrogen) atoms. The molecule has 104 valence electrons. The molecule has 1 fully saturated rings. The third kappa shape index (κ3) is 3.70. The first-order valence-corrected chi connectivity index (χ1v) is 6.73. The van der Waals surface area contributed by atoms with E-state index in [4.69, 9.17) is 4.74 Å². The first-order chi connectivity index (χ1) is 8.97. The van der Waals surface area contributed by atoms with Gasteiger partial charge in [0.05, 0.1) is 0 Å². The van der Waals surface area contributed by atoms with Crippen molar-refractivity contribution >= 4 is 11.7 Å². The van der Waals surface area contributed by atoms with E-state index in [9.17, 15) is 4.79 Å². The number of hydrogen-bond acceptors (Lipinski definition) is 4. The Balaban J connectivity index is 2.15. The smallest absolute Gasteiger partial charge is 0.330 e. The number of carbonyl (C=O) groups is 1. The Morgan fingerprint density at radius 3 is 2.63 bits per heavy atom. The molecule has 0 aliphatic carbocycles. The zero-order chi connectivity index (χ0) is 13.9. The lowest BCUT2D eigenvalue weighted by Gasteiger charge is -2.37. The molecule has 0 saturated carbocycles. The Bertz CT molecular complexity index is 426. The molecule has 1 unspecified atom stereocenters. The van der Waals surface area contributed by atoms with Crippen molar-refractivity contribution in [1.82, 2.24) is 5.32 Å². The van der Waals surface area contributed by atoms with Gasteiger partial charge in [0.2, 0.25) is 0 Å². The van der Waals surface area contributed by atoms with Crippen LogP contribution in [0.2, 0.25) is 0 Å². The Kier molecular flexibility index (Phi) is 4.10. The predicted molar refractivity (Wildman–Crippen MR) is 76.3 cm³/mol. The van der Waals surface area contributed by atoms with Crippen molar-refractivity contribution in [2.45, 2.75) is 32.4 Å². The number of piperazine rings is 1. The summed E-state index contributed by atoms with van der Waals surface area (Å²) in [5.41, 5.74) is 0.622. The number of benzene rings is 1. The Hall–Kier alpha value is -1.55. The average Bonchev–Trinajstić information content (AvgIpc) is 2.38. The van der Waals surface area contributed by atoms with Gasteiger partial charge in [0.25, 0.3) is 0 Å². The molecule has 0 bridgehead atoms. The van der Waals surface area contributed by atoms with Crippen LogP contribution in [-0.2, 0) is 9.53 Å². The summed E-state index contributed by atoms with van der Waals surface area (Å²) in [6.07, 6.45) is 0. The largest absolute Gasteiger partial charge is 0.458 e. The number of rotatable bonds is 2. The molecule has 1 aliphatic heterocycles. The minimum Gasteiger partial charge on any atom is -0.458 e. The highest BCUT2D eigenvalue weighted by molar-refractivity contribution is 5.81. The van der Waals surface area contributed by atoms with Crippen LogP contribution >= 0.6 is 0 Å². The molecule has 0 aromatic heterocycles. The zero-order valence-corrected chi connectivity index (χ0v) is 11.8. The number of para-hydroxylation sites is 1. The number of anilines is 1. The maximum atomic E-state index is 12.3. The summed E-state index contributed by atoms with van der Waals surface area (Å²) in [5.74, 6) is -0.163. The van der Waals surface area contributed by atoms with Crippen molar-refractivity contribution < 1.29 is 9.53 Å². The second-order valence-corrected chi connectivity index (χ2v) is 5.78. The maximum Gasteiger partial charge on any atom is 0.330 e. The van der Waals surface area contributed by atoms with E-state index in [2.05, 4.69) is 10.2 Å². The summed E-state index contributed by atoms with van der Waals surface area (Å²) in [6, 6.07) is 9.77. The van der Waals surface area contributed by atoms with Gasteiger partial charge in [-0.1, -0.05) is 18.2 Å². The highest BCUT2D eigenvalue weighted by atomic mass is 16.6. The Morgan fingerprint density at radius 1 is 1.32 bits per heavy atom. The Morgan fingerprint density at radius 2 is 2.00 bits per heavy atom. The quantitative estimate of drug-likeness (QED) is 0.825. The number of esters is 1. The summed E-state index contributed by atoms with van der Waals surface area (Å²) in [4.78, 5) is 14.4. The monoisotopic (exact) mass is 262 g/mol. The predicted octanol–water partition coefficient (Wildman–Crippen LogP) is 1.81. The molecule has 2 rings (SSSR count). The first kappa shape index (κ1) is 13.9. The highest BCUT2D eigenvalue weighted by Crippen LogP contribution is 2.20. The van der Waals surface area contributed by atoms with Gasteiger partial charge < -0.3 is 15.0 Å². The lowest BCUT2D eigenvalue weighted by molar-refractivity contribution is -0.156. The second kappa shape index (κ2) is 5.61. The van der Waals surface area contributed by atoms with E-state index in [1.165, 1.54) is 0 Å². The number of nitrogens with zero attached hydrogens (tertiary/aromatic N) is 1. The van der Waals surface area contributed by atoms with Crippen LogP contribution < -0.4 is 10.2 Å². The summed E-state index contributed by atoms with van der Waals surface area (Å²) in [7, 11) is 0. The molecule has 1 aromatic rings. The zero-order valence-electron chi connectivity index (χ0n) is 11.8. The van der Waals surface area contributed by atoms with Gasteiger partial charge >= 0.3 is 5.97 Å². The van der Waals surface area contributed by atoms with Gasteiger partial charge in [0.1, 0.15) is 11.6 Å². The minimum atomic E-state index is -0.448. The van der Waals surface area contributed by atoms with E-state index in [0.717, 1.165) is 18.8 Å². The first-order valence-electron chi connectivity index (χ1n) is 6.73. The summed E-state index contributed by atoms with van der Waals surface area (Å²) >= 11 is 0. The van der Waals surface area contributed by atoms with Crippen molar-refractivity contribution in [1.29, 1.82) is 0 Å². The van der Waals surface area contributed by atoms with Crippen molar-refractivity contribution in [2.24, 2.45) is 0 Å². The Labute approximate surface area is 114 Å². The summed E-state index contributed by atoms with van der Waals surface area (Å²) in [5, 5.41) is 3.26. The van der Waals surface area contributed by atoms with Crippen molar-refractivity contribution in [3.05, 3.63) is 30.3 Å². The van der Waals surface area contributed by atoms with E-state index in [0.29, 0.717) is 6.54 Å². The summed E-state index contributed by atoms with van der Waals surface area (Å²) in [6.45, 7) is 8.02. The minimum absolute atomic E-state index is 0.163. The van der Waals surface area contributed by atoms with Gasteiger partial charge in [0.15, 0.2) is 0 Å². The second-order valence-electron chi connectivity index (χ2n) is 5.78. The lowest BCUT2D eigenvalue weighted by atomic mass is 10.1. The molecule has 0 spiro atoms. The molecule has 0 amide bonds. The van der Waals surface area contributed by atoms with Crippen LogP contribution in [0.1, 0.15) is 20.8 Å². The van der Waals surface area contributed by atoms with E-state index in [1.807, 2.05) is 51.1 Å². The van der Waals surface area contributed by atoms with Gasteiger partial charge in [-0.05, 0) is 32.9 Å². The highest BCUT2D eigenvalue weighted by Gasteiger charge is 2.32. The fourth-order valence-electron chi connectivity index (χ4n) is 2.21. The molecule has 4 heteroatoms. The van der Waals surface area contributed by atoms with Crippen LogP contribution in [0, 0.1) is 0 Å². The number of ether oxygens (including phenoxy) is 1. The maximum absolute atomic E-state index is 12.3. The van der Waals surface area contributed by atoms with Crippen LogP contribution in [0.3, 0.4) is 0 Å². The number of carbonyl (C=O) groups excluding carboxylic acids is 1. The lowest BCUT2D eigenvalue weighted by Crippen LogP contribution is -2.56. The molecule has 0 radical (unpaired) electrons. The molecular formula is C15H22N2O2. The van der Waals surface area contributed by atoms with E-state index < -0.39 is 5.60 Å². The van der Waals surface area contributed by atoms with E-state index >= 15 is 0 Å². The van der Waals surface area contributed by atoms with Gasteiger partial charge in [0, 0.05) is 25.3 Å². The van der Waals surface area contributed by atoms with Crippen LogP contribution in [-0.4, -0.2) is 37.2 Å². The molecule has 1 N–H and O–H groups in total. The van der Waals surface area contributed by atoms with Crippen molar-refractivity contribution in [3.8, 4) is 0 Å². The third-order valence-corrected chi connectivity index (χ3v) is 3.01. The number of nitrogens with one attached hydrogen (secondary N) is 1. The normalized spacial score (nSPS) is 20.2. The van der Waals surface area contributed by atoms with Gasteiger partial charge in [-0.15, -0.1) is 0 Å². The topological polar surface area (TPSA) is 41.6 Å². The SMILES string of the molecule is CC(C)(C)OC(=O)C1CNCCN1c1ccccc1. The third-order valence-electron chi connectivity index (χ3n) is 3.01. The van der Waals surface area contributed by atoms with Gasteiger partial charge in [-0.25, -0.2) is 4.79 Å². The van der Waals surface area contributed by atoms with E-state index in [-0.39, 0.29) is 12.0 Å². The molecule has 1 heterocycles. The van der Waals surface area contributed by atoms with Gasteiger partial charge in [-0.3, -0.25) is 0 Å². The van der Waals surface area contributed by atoms with Crippen LogP contribution in [0.5, 0.6) is 0 Å². The molecule has 1 aliphatic rings. The number of hydrogen-bond donors (Lipinski definition) is 1. The van der Waals surface area contributed by atoms with Gasteiger partial charge in [-0.2, -0.15) is 0 Å². The molecule has 1 aromatic carbocycles. The van der Waals surface area contributed by atoms with Crippen LogP contribution in [0.25, 0.3) is 0 Å². The van der Waals surface area contributed by atoms with Crippen molar-refractivity contribution in [3.63, 3.8) is 0 Å². The van der Waals surface area contributed by atoms with Crippen molar-refractivity contribution in [2.75, 3.05) is 24.5 Å². The molecule has 1 atom stereocenters.